The fraction of sp³-hybridized carbons (Fsp3) is 0.154. The summed E-state index contributed by atoms with van der Waals surface area (Å²) >= 11 is 1.25. The average Bonchev–Trinajstić information content (AvgIpc) is 2.78. The molecule has 0 fully saturated rings. The molecule has 4 nitrogen and oxygen atoms in total. The number of benzene rings is 1. The number of carbonyl (C=O) groups is 1. The summed E-state index contributed by atoms with van der Waals surface area (Å²) in [6.45, 7) is 0.347. The van der Waals surface area contributed by atoms with Crippen molar-refractivity contribution in [2.24, 2.45) is 0 Å². The second-order valence-electron chi connectivity index (χ2n) is 3.92. The SMILES string of the molecule is CNC(=O)c1sc(NCc2ccccc2F)cc1N. The Morgan fingerprint density at radius 2 is 2.16 bits per heavy atom. The third-order valence-electron chi connectivity index (χ3n) is 2.61. The van der Waals surface area contributed by atoms with E-state index >= 15 is 0 Å². The highest BCUT2D eigenvalue weighted by Gasteiger charge is 2.13. The number of halogens is 1. The number of hydrogen-bond acceptors (Lipinski definition) is 4. The molecule has 0 saturated heterocycles. The van der Waals surface area contributed by atoms with E-state index in [1.54, 1.807) is 31.3 Å². The van der Waals surface area contributed by atoms with Crippen LogP contribution in [0.4, 0.5) is 15.1 Å². The van der Waals surface area contributed by atoms with Crippen LogP contribution in [-0.4, -0.2) is 13.0 Å². The van der Waals surface area contributed by atoms with Crippen LogP contribution in [0.5, 0.6) is 0 Å². The predicted molar refractivity (Wildman–Crippen MR) is 75.8 cm³/mol. The third-order valence-corrected chi connectivity index (χ3v) is 3.71. The second-order valence-corrected chi connectivity index (χ2v) is 4.97. The zero-order valence-corrected chi connectivity index (χ0v) is 11.2. The van der Waals surface area contributed by atoms with Crippen molar-refractivity contribution in [3.63, 3.8) is 0 Å². The van der Waals surface area contributed by atoms with Gasteiger partial charge in [0, 0.05) is 19.2 Å². The molecule has 0 aliphatic heterocycles. The summed E-state index contributed by atoms with van der Waals surface area (Å²) in [6, 6.07) is 8.22. The van der Waals surface area contributed by atoms with Crippen molar-refractivity contribution in [2.75, 3.05) is 18.1 Å². The lowest BCUT2D eigenvalue weighted by molar-refractivity contribution is 0.0968. The summed E-state index contributed by atoms with van der Waals surface area (Å²) in [5.74, 6) is -0.479. The molecule has 19 heavy (non-hydrogen) atoms. The van der Waals surface area contributed by atoms with Crippen molar-refractivity contribution < 1.29 is 9.18 Å². The molecule has 0 spiro atoms. The lowest BCUT2D eigenvalue weighted by Crippen LogP contribution is -2.17. The van der Waals surface area contributed by atoms with Crippen LogP contribution in [0.3, 0.4) is 0 Å². The number of nitrogens with one attached hydrogen (secondary N) is 2. The van der Waals surface area contributed by atoms with Gasteiger partial charge in [0.15, 0.2) is 0 Å². The number of nitrogen functional groups attached to an aromatic ring is 1. The van der Waals surface area contributed by atoms with Gasteiger partial charge in [-0.25, -0.2) is 4.39 Å². The molecule has 1 aromatic carbocycles. The fourth-order valence-corrected chi connectivity index (χ4v) is 2.53. The Balaban J connectivity index is 2.09. The highest BCUT2D eigenvalue weighted by Crippen LogP contribution is 2.29. The smallest absolute Gasteiger partial charge is 0.263 e. The molecular formula is C13H14FN3OS. The number of amides is 1. The molecule has 1 aromatic heterocycles. The summed E-state index contributed by atoms with van der Waals surface area (Å²) in [7, 11) is 1.55. The molecule has 2 aromatic rings. The summed E-state index contributed by atoms with van der Waals surface area (Å²) < 4.78 is 13.4. The van der Waals surface area contributed by atoms with Crippen molar-refractivity contribution in [3.05, 3.63) is 46.6 Å². The molecule has 100 valence electrons. The average molecular weight is 279 g/mol. The van der Waals surface area contributed by atoms with Gasteiger partial charge < -0.3 is 16.4 Å². The maximum absolute atomic E-state index is 13.4. The Labute approximate surface area is 114 Å². The van der Waals surface area contributed by atoms with Gasteiger partial charge in [0.05, 0.1) is 10.7 Å². The molecule has 0 aliphatic rings. The van der Waals surface area contributed by atoms with E-state index in [2.05, 4.69) is 10.6 Å². The van der Waals surface area contributed by atoms with E-state index in [9.17, 15) is 9.18 Å². The molecule has 0 bridgehead atoms. The summed E-state index contributed by atoms with van der Waals surface area (Å²) in [6.07, 6.45) is 0. The van der Waals surface area contributed by atoms with Crippen LogP contribution >= 0.6 is 11.3 Å². The van der Waals surface area contributed by atoms with Gasteiger partial charge >= 0.3 is 0 Å². The van der Waals surface area contributed by atoms with E-state index in [1.807, 2.05) is 0 Å². The van der Waals surface area contributed by atoms with E-state index in [0.29, 0.717) is 22.7 Å². The lowest BCUT2D eigenvalue weighted by atomic mass is 10.2. The Morgan fingerprint density at radius 1 is 1.42 bits per heavy atom. The summed E-state index contributed by atoms with van der Waals surface area (Å²) in [4.78, 5) is 12.0. The van der Waals surface area contributed by atoms with Crippen LogP contribution in [0.25, 0.3) is 0 Å². The van der Waals surface area contributed by atoms with E-state index in [4.69, 9.17) is 5.73 Å². The maximum Gasteiger partial charge on any atom is 0.263 e. The molecule has 0 saturated carbocycles. The Hall–Kier alpha value is -2.08. The molecule has 0 atom stereocenters. The molecular weight excluding hydrogens is 265 g/mol. The number of anilines is 2. The van der Waals surface area contributed by atoms with E-state index in [1.165, 1.54) is 17.4 Å². The Kier molecular flexibility index (Phi) is 4.01. The first-order chi connectivity index (χ1) is 9.11. The number of carbonyl (C=O) groups excluding carboxylic acids is 1. The van der Waals surface area contributed by atoms with Gasteiger partial charge in [-0.15, -0.1) is 11.3 Å². The standard InChI is InChI=1S/C13H14FN3OS/c1-16-13(18)12-10(15)6-11(19-12)17-7-8-4-2-3-5-9(8)14/h2-6,17H,7,15H2,1H3,(H,16,18). The zero-order valence-electron chi connectivity index (χ0n) is 10.4. The molecule has 0 unspecified atom stereocenters. The van der Waals surface area contributed by atoms with E-state index in [0.717, 1.165) is 5.00 Å². The number of rotatable bonds is 4. The minimum Gasteiger partial charge on any atom is -0.397 e. The summed E-state index contributed by atoms with van der Waals surface area (Å²) in [5, 5.41) is 6.32. The van der Waals surface area contributed by atoms with Crippen molar-refractivity contribution in [3.8, 4) is 0 Å². The largest absolute Gasteiger partial charge is 0.397 e. The predicted octanol–water partition coefficient (Wildman–Crippen LogP) is 2.44. The van der Waals surface area contributed by atoms with Crippen LogP contribution in [0, 0.1) is 5.82 Å². The first-order valence-corrected chi connectivity index (χ1v) is 6.52. The first kappa shape index (κ1) is 13.4. The van der Waals surface area contributed by atoms with Gasteiger partial charge in [-0.2, -0.15) is 0 Å². The minimum atomic E-state index is -0.258. The zero-order chi connectivity index (χ0) is 13.8. The van der Waals surface area contributed by atoms with Gasteiger partial charge in [0.1, 0.15) is 10.7 Å². The molecule has 4 N–H and O–H groups in total. The third kappa shape index (κ3) is 3.03. The Bertz CT molecular complexity index is 597. The quantitative estimate of drug-likeness (QED) is 0.805. The molecule has 0 radical (unpaired) electrons. The van der Waals surface area contributed by atoms with Crippen molar-refractivity contribution >= 4 is 27.9 Å². The van der Waals surface area contributed by atoms with Crippen molar-refractivity contribution in [1.29, 1.82) is 0 Å². The van der Waals surface area contributed by atoms with Crippen LogP contribution in [0.15, 0.2) is 30.3 Å². The van der Waals surface area contributed by atoms with E-state index in [-0.39, 0.29) is 11.7 Å². The molecule has 6 heteroatoms. The van der Waals surface area contributed by atoms with Crippen LogP contribution in [0.1, 0.15) is 15.2 Å². The Morgan fingerprint density at radius 3 is 2.84 bits per heavy atom. The van der Waals surface area contributed by atoms with Crippen molar-refractivity contribution in [2.45, 2.75) is 6.54 Å². The van der Waals surface area contributed by atoms with E-state index < -0.39 is 0 Å². The van der Waals surface area contributed by atoms with Gasteiger partial charge in [-0.3, -0.25) is 4.79 Å². The number of nitrogens with two attached hydrogens (primary N) is 1. The molecule has 1 amide bonds. The van der Waals surface area contributed by atoms with Crippen LogP contribution < -0.4 is 16.4 Å². The second kappa shape index (κ2) is 5.71. The minimum absolute atomic E-state index is 0.221. The highest BCUT2D eigenvalue weighted by molar-refractivity contribution is 7.18. The molecule has 0 aliphatic carbocycles. The van der Waals surface area contributed by atoms with Gasteiger partial charge in [-0.05, 0) is 12.1 Å². The monoisotopic (exact) mass is 279 g/mol. The lowest BCUT2D eigenvalue weighted by Gasteiger charge is -2.04. The molecule has 1 heterocycles. The normalized spacial score (nSPS) is 10.2. The first-order valence-electron chi connectivity index (χ1n) is 5.70. The van der Waals surface area contributed by atoms with Crippen molar-refractivity contribution in [1.82, 2.24) is 5.32 Å². The van der Waals surface area contributed by atoms with Crippen LogP contribution in [-0.2, 0) is 6.54 Å². The van der Waals surface area contributed by atoms with Gasteiger partial charge in [0.25, 0.3) is 5.91 Å². The van der Waals surface area contributed by atoms with Crippen LogP contribution in [0.2, 0.25) is 0 Å². The number of hydrogen-bond donors (Lipinski definition) is 3. The topological polar surface area (TPSA) is 67.2 Å². The number of thiophene rings is 1. The maximum atomic E-state index is 13.4. The summed E-state index contributed by atoms with van der Waals surface area (Å²) in [5.41, 5.74) is 6.73. The fourth-order valence-electron chi connectivity index (χ4n) is 1.61. The van der Waals surface area contributed by atoms with Gasteiger partial charge in [0.2, 0.25) is 0 Å². The van der Waals surface area contributed by atoms with Gasteiger partial charge in [-0.1, -0.05) is 18.2 Å². The highest BCUT2D eigenvalue weighted by atomic mass is 32.1. The molecule has 2 rings (SSSR count).